The molecule has 0 saturated carbocycles. The van der Waals surface area contributed by atoms with E-state index < -0.39 is 30.5 Å². The maximum Gasteiger partial charge on any atom is 0.356 e. The lowest BCUT2D eigenvalue weighted by Gasteiger charge is -2.15. The Balaban J connectivity index is 2.50. The summed E-state index contributed by atoms with van der Waals surface area (Å²) in [7, 11) is 2.33. The number of pyridine rings is 1. The second kappa shape index (κ2) is 8.91. The number of aliphatic hydroxyl groups is 1. The average Bonchev–Trinajstić information content (AvgIpc) is 3.20. The first-order chi connectivity index (χ1) is 13.3. The van der Waals surface area contributed by atoms with Crippen molar-refractivity contribution in [2.24, 2.45) is 0 Å². The number of carbonyl (C=O) groups excluding carboxylic acids is 3. The zero-order valence-electron chi connectivity index (χ0n) is 15.5. The fraction of sp³-hybridized carbons (Fsp3) is 0.278. The third-order valence-electron chi connectivity index (χ3n) is 3.62. The highest BCUT2D eigenvalue weighted by atomic mass is 16.5. The first-order valence-electron chi connectivity index (χ1n) is 8.03. The molecule has 0 saturated heterocycles. The zero-order valence-corrected chi connectivity index (χ0v) is 15.5. The van der Waals surface area contributed by atoms with E-state index in [4.69, 9.17) is 4.42 Å². The van der Waals surface area contributed by atoms with Crippen LogP contribution in [0, 0.1) is 0 Å². The Labute approximate surface area is 160 Å². The van der Waals surface area contributed by atoms with E-state index in [-0.39, 0.29) is 28.5 Å². The van der Waals surface area contributed by atoms with Gasteiger partial charge >= 0.3 is 11.9 Å². The molecular formula is C18H19N3O7. The molecule has 0 bridgehead atoms. The van der Waals surface area contributed by atoms with Crippen LogP contribution < -0.4 is 5.32 Å². The van der Waals surface area contributed by atoms with Crippen molar-refractivity contribution < 1.29 is 33.4 Å². The molecule has 148 valence electrons. The topological polar surface area (TPSA) is 141 Å². The normalized spacial score (nSPS) is 11.4. The molecular weight excluding hydrogens is 370 g/mol. The number of methoxy groups -OCH3 is 2. The molecule has 28 heavy (non-hydrogen) atoms. The summed E-state index contributed by atoms with van der Waals surface area (Å²) in [5, 5.41) is 11.6. The van der Waals surface area contributed by atoms with Gasteiger partial charge in [-0.15, -0.1) is 0 Å². The quantitative estimate of drug-likeness (QED) is 0.658. The molecule has 0 fully saturated rings. The molecule has 0 spiro atoms. The summed E-state index contributed by atoms with van der Waals surface area (Å²) in [6.45, 7) is 4.74. The van der Waals surface area contributed by atoms with Gasteiger partial charge in [0.15, 0.2) is 6.04 Å². The Morgan fingerprint density at radius 3 is 2.50 bits per heavy atom. The number of nitrogens with one attached hydrogen (secondary N) is 1. The van der Waals surface area contributed by atoms with Crippen LogP contribution in [-0.4, -0.2) is 59.8 Å². The van der Waals surface area contributed by atoms with Crippen molar-refractivity contribution >= 4 is 23.4 Å². The second-order valence-corrected chi connectivity index (χ2v) is 5.63. The summed E-state index contributed by atoms with van der Waals surface area (Å²) in [5.41, 5.74) is 0.690. The molecule has 0 aliphatic heterocycles. The number of ether oxygens (including phenoxy) is 2. The van der Waals surface area contributed by atoms with E-state index in [0.717, 1.165) is 7.11 Å². The number of aliphatic hydroxyl groups excluding tert-OH is 1. The van der Waals surface area contributed by atoms with E-state index in [1.54, 1.807) is 6.92 Å². The maximum atomic E-state index is 12.7. The number of nitrogens with zero attached hydrogens (tertiary/aromatic N) is 2. The van der Waals surface area contributed by atoms with E-state index >= 15 is 0 Å². The van der Waals surface area contributed by atoms with Crippen molar-refractivity contribution in [1.82, 2.24) is 15.3 Å². The minimum absolute atomic E-state index is 0.00317. The standard InChI is InChI=1S/C18H19N3O7/c1-9(2)16-21-13(8-28-16)14-10(5-6-11(19-14)17(24)26-3)15(23)20-12(7-22)18(25)27-4/h5-6,8,12,22H,1,7H2,2-4H3,(H,20,23)/t12-/m0/s1. The highest BCUT2D eigenvalue weighted by Crippen LogP contribution is 2.24. The molecule has 0 aliphatic rings. The van der Waals surface area contributed by atoms with Gasteiger partial charge in [-0.25, -0.2) is 19.6 Å². The van der Waals surface area contributed by atoms with Gasteiger partial charge in [-0.1, -0.05) is 6.58 Å². The van der Waals surface area contributed by atoms with E-state index in [0.29, 0.717) is 5.57 Å². The van der Waals surface area contributed by atoms with Gasteiger partial charge in [0, 0.05) is 5.57 Å². The largest absolute Gasteiger partial charge is 0.467 e. The van der Waals surface area contributed by atoms with Crippen molar-refractivity contribution in [3.63, 3.8) is 0 Å². The SMILES string of the molecule is C=C(C)c1nc(-c2nc(C(=O)OC)ccc2C(=O)N[C@@H](CO)C(=O)OC)co1. The van der Waals surface area contributed by atoms with Crippen LogP contribution in [0.5, 0.6) is 0 Å². The van der Waals surface area contributed by atoms with Crippen LogP contribution in [0.4, 0.5) is 0 Å². The van der Waals surface area contributed by atoms with Crippen LogP contribution in [0.25, 0.3) is 17.0 Å². The summed E-state index contributed by atoms with van der Waals surface area (Å²) >= 11 is 0. The molecule has 2 N–H and O–H groups in total. The van der Waals surface area contributed by atoms with Gasteiger partial charge in [0.1, 0.15) is 23.3 Å². The van der Waals surface area contributed by atoms with Gasteiger partial charge in [0.05, 0.1) is 26.4 Å². The maximum absolute atomic E-state index is 12.7. The monoisotopic (exact) mass is 389 g/mol. The molecule has 10 heteroatoms. The Hall–Kier alpha value is -3.53. The third-order valence-corrected chi connectivity index (χ3v) is 3.62. The lowest BCUT2D eigenvalue weighted by molar-refractivity contribution is -0.143. The third kappa shape index (κ3) is 4.41. The Morgan fingerprint density at radius 1 is 1.25 bits per heavy atom. The minimum atomic E-state index is -1.27. The molecule has 10 nitrogen and oxygen atoms in total. The number of hydrogen-bond donors (Lipinski definition) is 2. The number of esters is 2. The van der Waals surface area contributed by atoms with E-state index in [9.17, 15) is 19.5 Å². The van der Waals surface area contributed by atoms with E-state index in [2.05, 4.69) is 31.3 Å². The highest BCUT2D eigenvalue weighted by molar-refractivity contribution is 6.02. The first-order valence-corrected chi connectivity index (χ1v) is 8.03. The summed E-state index contributed by atoms with van der Waals surface area (Å²) < 4.78 is 14.5. The molecule has 2 aromatic heterocycles. The molecule has 2 heterocycles. The van der Waals surface area contributed by atoms with Gasteiger partial charge in [-0.05, 0) is 19.1 Å². The summed E-state index contributed by atoms with van der Waals surface area (Å²) in [6.07, 6.45) is 1.26. The van der Waals surface area contributed by atoms with Crippen LogP contribution in [-0.2, 0) is 14.3 Å². The van der Waals surface area contributed by atoms with Gasteiger partial charge in [-0.2, -0.15) is 0 Å². The Bertz CT molecular complexity index is 920. The van der Waals surface area contributed by atoms with Gasteiger partial charge in [-0.3, -0.25) is 4.79 Å². The number of oxazole rings is 1. The molecule has 0 unspecified atom stereocenters. The van der Waals surface area contributed by atoms with Crippen LogP contribution in [0.2, 0.25) is 0 Å². The zero-order chi connectivity index (χ0) is 20.8. The van der Waals surface area contributed by atoms with Crippen LogP contribution in [0.1, 0.15) is 33.7 Å². The number of aromatic nitrogens is 2. The van der Waals surface area contributed by atoms with Crippen LogP contribution in [0.15, 0.2) is 29.4 Å². The number of hydrogen-bond acceptors (Lipinski definition) is 9. The van der Waals surface area contributed by atoms with Gasteiger partial charge in [0.25, 0.3) is 5.91 Å². The molecule has 0 aliphatic carbocycles. The number of rotatable bonds is 7. The molecule has 0 aromatic carbocycles. The van der Waals surface area contributed by atoms with E-state index in [1.165, 1.54) is 25.5 Å². The second-order valence-electron chi connectivity index (χ2n) is 5.63. The van der Waals surface area contributed by atoms with Crippen LogP contribution in [0.3, 0.4) is 0 Å². The summed E-state index contributed by atoms with van der Waals surface area (Å²) in [4.78, 5) is 44.4. The van der Waals surface area contributed by atoms with Crippen molar-refractivity contribution in [3.8, 4) is 11.4 Å². The number of amides is 1. The predicted molar refractivity (Wildman–Crippen MR) is 96.1 cm³/mol. The lowest BCUT2D eigenvalue weighted by Crippen LogP contribution is -2.44. The van der Waals surface area contributed by atoms with E-state index in [1.807, 2.05) is 0 Å². The lowest BCUT2D eigenvalue weighted by atomic mass is 10.1. The first kappa shape index (κ1) is 20.8. The molecule has 2 rings (SSSR count). The van der Waals surface area contributed by atoms with Gasteiger partial charge in [0.2, 0.25) is 5.89 Å². The highest BCUT2D eigenvalue weighted by Gasteiger charge is 2.25. The van der Waals surface area contributed by atoms with Gasteiger partial charge < -0.3 is 24.3 Å². The van der Waals surface area contributed by atoms with Crippen molar-refractivity contribution in [2.45, 2.75) is 13.0 Å². The Kier molecular flexibility index (Phi) is 6.61. The minimum Gasteiger partial charge on any atom is -0.467 e. The average molecular weight is 389 g/mol. The van der Waals surface area contributed by atoms with Crippen molar-refractivity contribution in [3.05, 3.63) is 42.1 Å². The van der Waals surface area contributed by atoms with Crippen molar-refractivity contribution in [1.29, 1.82) is 0 Å². The summed E-state index contributed by atoms with van der Waals surface area (Å²) in [6, 6.07) is 1.34. The number of carbonyl (C=O) groups is 3. The Morgan fingerprint density at radius 2 is 1.96 bits per heavy atom. The summed E-state index contributed by atoms with van der Waals surface area (Å²) in [5.74, 6) is -2.03. The molecule has 2 aromatic rings. The number of allylic oxidation sites excluding steroid dienone is 1. The fourth-order valence-electron chi connectivity index (χ4n) is 2.19. The molecule has 1 amide bonds. The van der Waals surface area contributed by atoms with Crippen LogP contribution >= 0.6 is 0 Å². The predicted octanol–water partition coefficient (Wildman–Crippen LogP) is 0.820. The molecule has 1 atom stereocenters. The van der Waals surface area contributed by atoms with Crippen molar-refractivity contribution in [2.75, 3.05) is 20.8 Å². The molecule has 0 radical (unpaired) electrons. The fourth-order valence-corrected chi connectivity index (χ4v) is 2.19. The smallest absolute Gasteiger partial charge is 0.356 e.